The van der Waals surface area contributed by atoms with Gasteiger partial charge in [-0.2, -0.15) is 0 Å². The van der Waals surface area contributed by atoms with Crippen LogP contribution < -0.4 is 10.1 Å². The average molecular weight is 356 g/mol. The van der Waals surface area contributed by atoms with Gasteiger partial charge in [-0.15, -0.1) is 13.2 Å². The van der Waals surface area contributed by atoms with Gasteiger partial charge in [0.25, 0.3) is 0 Å². The Hall–Kier alpha value is -2.25. The zero-order valence-corrected chi connectivity index (χ0v) is 13.5. The van der Waals surface area contributed by atoms with E-state index in [1.54, 1.807) is 4.90 Å². The second kappa shape index (κ2) is 6.93. The van der Waals surface area contributed by atoms with Crippen LogP contribution in [0.15, 0.2) is 24.3 Å². The molecular weight excluding hydrogens is 337 g/mol. The van der Waals surface area contributed by atoms with Crippen molar-refractivity contribution in [3.05, 3.63) is 24.3 Å². The summed E-state index contributed by atoms with van der Waals surface area (Å²) in [6.45, 7) is 0.407. The third-order valence-corrected chi connectivity index (χ3v) is 4.65. The molecule has 0 aromatic heterocycles. The van der Waals surface area contributed by atoms with Gasteiger partial charge in [-0.25, -0.2) is 0 Å². The fourth-order valence-electron chi connectivity index (χ4n) is 3.46. The Balaban J connectivity index is 1.56. The quantitative estimate of drug-likeness (QED) is 0.900. The molecule has 1 N–H and O–H groups in total. The molecule has 1 aliphatic carbocycles. The molecule has 25 heavy (non-hydrogen) atoms. The number of amides is 2. The zero-order chi connectivity index (χ0) is 18.0. The minimum atomic E-state index is -4.75. The highest BCUT2D eigenvalue weighted by molar-refractivity contribution is 5.97. The highest BCUT2D eigenvalue weighted by atomic mass is 19.4. The molecule has 1 aliphatic heterocycles. The molecule has 1 saturated heterocycles. The second-order valence-corrected chi connectivity index (χ2v) is 6.45. The lowest BCUT2D eigenvalue weighted by molar-refractivity contribution is -0.274. The molecule has 1 aromatic carbocycles. The molecule has 2 aliphatic rings. The van der Waals surface area contributed by atoms with Crippen LogP contribution in [0.1, 0.15) is 32.1 Å². The predicted molar refractivity (Wildman–Crippen MR) is 83.8 cm³/mol. The van der Waals surface area contributed by atoms with E-state index in [2.05, 4.69) is 10.1 Å². The number of rotatable bonds is 4. The van der Waals surface area contributed by atoms with Crippen molar-refractivity contribution < 1.29 is 27.5 Å². The largest absolute Gasteiger partial charge is 0.573 e. The minimum Gasteiger partial charge on any atom is -0.406 e. The van der Waals surface area contributed by atoms with Gasteiger partial charge in [0.1, 0.15) is 5.75 Å². The molecule has 1 aromatic rings. The summed E-state index contributed by atoms with van der Waals surface area (Å²) >= 11 is 0. The van der Waals surface area contributed by atoms with Gasteiger partial charge in [0, 0.05) is 24.7 Å². The van der Waals surface area contributed by atoms with Crippen LogP contribution in [0.3, 0.4) is 0 Å². The van der Waals surface area contributed by atoms with E-state index >= 15 is 0 Å². The number of alkyl halides is 3. The summed E-state index contributed by atoms with van der Waals surface area (Å²) in [5.74, 6) is -1.08. The number of carbonyl (C=O) groups excluding carboxylic acids is 2. The fourth-order valence-corrected chi connectivity index (χ4v) is 3.46. The average Bonchev–Trinajstić information content (AvgIpc) is 3.17. The van der Waals surface area contributed by atoms with Gasteiger partial charge in [-0.3, -0.25) is 9.59 Å². The number of ether oxygens (including phenoxy) is 1. The first-order valence-corrected chi connectivity index (χ1v) is 8.28. The first-order valence-electron chi connectivity index (χ1n) is 8.28. The van der Waals surface area contributed by atoms with E-state index in [4.69, 9.17) is 0 Å². The molecule has 2 amide bonds. The Kier molecular flexibility index (Phi) is 4.87. The maximum atomic E-state index is 12.3. The minimum absolute atomic E-state index is 0.000903. The van der Waals surface area contributed by atoms with E-state index in [0.29, 0.717) is 12.2 Å². The number of likely N-dealkylation sites (tertiary alicyclic amines) is 1. The van der Waals surface area contributed by atoms with Crippen molar-refractivity contribution in [1.82, 2.24) is 4.90 Å². The molecule has 1 heterocycles. The molecule has 0 bridgehead atoms. The third-order valence-electron chi connectivity index (χ3n) is 4.65. The van der Waals surface area contributed by atoms with Crippen molar-refractivity contribution in [2.75, 3.05) is 11.9 Å². The molecular formula is C17H19F3N2O3. The summed E-state index contributed by atoms with van der Waals surface area (Å²) in [6, 6.07) is 5.18. The molecule has 0 spiro atoms. The van der Waals surface area contributed by atoms with Gasteiger partial charge in [0.2, 0.25) is 11.8 Å². The monoisotopic (exact) mass is 356 g/mol. The van der Waals surface area contributed by atoms with Crippen molar-refractivity contribution in [1.29, 1.82) is 0 Å². The van der Waals surface area contributed by atoms with Crippen molar-refractivity contribution in [2.24, 2.45) is 5.92 Å². The van der Waals surface area contributed by atoms with E-state index in [-0.39, 0.29) is 30.0 Å². The first kappa shape index (κ1) is 17.6. The number of hydrogen-bond donors (Lipinski definition) is 1. The molecule has 3 rings (SSSR count). The topological polar surface area (TPSA) is 58.6 Å². The maximum Gasteiger partial charge on any atom is 0.573 e. The molecule has 8 heteroatoms. The lowest BCUT2D eigenvalue weighted by atomic mass is 10.1. The van der Waals surface area contributed by atoms with Crippen LogP contribution in [0.2, 0.25) is 0 Å². The maximum absolute atomic E-state index is 12.3. The zero-order valence-electron chi connectivity index (χ0n) is 13.5. The summed E-state index contributed by atoms with van der Waals surface area (Å²) in [5, 5.41) is 2.65. The summed E-state index contributed by atoms with van der Waals surface area (Å²) in [5.41, 5.74) is 0.367. The number of carbonyl (C=O) groups is 2. The van der Waals surface area contributed by atoms with Gasteiger partial charge in [0.05, 0.1) is 5.92 Å². The summed E-state index contributed by atoms with van der Waals surface area (Å²) in [4.78, 5) is 26.3. The Morgan fingerprint density at radius 1 is 1.16 bits per heavy atom. The van der Waals surface area contributed by atoms with Crippen LogP contribution in [0, 0.1) is 5.92 Å². The number of halogens is 3. The van der Waals surface area contributed by atoms with E-state index < -0.39 is 12.3 Å². The lowest BCUT2D eigenvalue weighted by Gasteiger charge is -2.23. The Morgan fingerprint density at radius 2 is 1.80 bits per heavy atom. The number of anilines is 1. The van der Waals surface area contributed by atoms with Crippen LogP contribution in [-0.2, 0) is 9.59 Å². The summed E-state index contributed by atoms with van der Waals surface area (Å²) < 4.78 is 40.2. The van der Waals surface area contributed by atoms with Gasteiger partial charge in [-0.05, 0) is 37.1 Å². The van der Waals surface area contributed by atoms with Crippen molar-refractivity contribution >= 4 is 17.5 Å². The van der Waals surface area contributed by atoms with Crippen molar-refractivity contribution in [3.63, 3.8) is 0 Å². The van der Waals surface area contributed by atoms with Crippen LogP contribution in [0.5, 0.6) is 5.75 Å². The molecule has 0 unspecified atom stereocenters. The summed E-state index contributed by atoms with van der Waals surface area (Å²) in [6.07, 6.45) is -0.382. The van der Waals surface area contributed by atoms with Gasteiger partial charge in [-0.1, -0.05) is 12.8 Å². The Labute approximate surface area is 143 Å². The van der Waals surface area contributed by atoms with Gasteiger partial charge < -0.3 is 15.0 Å². The van der Waals surface area contributed by atoms with Crippen LogP contribution in [0.25, 0.3) is 0 Å². The second-order valence-electron chi connectivity index (χ2n) is 6.45. The van der Waals surface area contributed by atoms with Gasteiger partial charge in [0.15, 0.2) is 0 Å². The molecule has 1 atom stereocenters. The van der Waals surface area contributed by atoms with Crippen LogP contribution >= 0.6 is 0 Å². The van der Waals surface area contributed by atoms with Crippen molar-refractivity contribution in [2.45, 2.75) is 44.5 Å². The van der Waals surface area contributed by atoms with E-state index in [9.17, 15) is 22.8 Å². The Morgan fingerprint density at radius 3 is 2.40 bits per heavy atom. The third kappa shape index (κ3) is 4.43. The summed E-state index contributed by atoms with van der Waals surface area (Å²) in [7, 11) is 0. The van der Waals surface area contributed by atoms with Crippen molar-refractivity contribution in [3.8, 4) is 5.75 Å². The van der Waals surface area contributed by atoms with E-state index in [0.717, 1.165) is 37.8 Å². The van der Waals surface area contributed by atoms with Gasteiger partial charge >= 0.3 is 6.36 Å². The number of nitrogens with one attached hydrogen (secondary N) is 1. The fraction of sp³-hybridized carbons (Fsp3) is 0.529. The SMILES string of the molecule is O=C(Nc1ccc(OC(F)(F)F)cc1)[C@@H]1CC(=O)N(C2CCCC2)C1. The number of nitrogens with zero attached hydrogens (tertiary/aromatic N) is 1. The van der Waals surface area contributed by atoms with Crippen LogP contribution in [0.4, 0.5) is 18.9 Å². The first-order chi connectivity index (χ1) is 11.8. The Bertz CT molecular complexity index is 640. The molecule has 1 saturated carbocycles. The highest BCUT2D eigenvalue weighted by Gasteiger charge is 2.38. The van der Waals surface area contributed by atoms with E-state index in [1.807, 2.05) is 0 Å². The molecule has 5 nitrogen and oxygen atoms in total. The predicted octanol–water partition coefficient (Wildman–Crippen LogP) is 3.31. The molecule has 2 fully saturated rings. The van der Waals surface area contributed by atoms with Crippen LogP contribution in [-0.4, -0.2) is 35.7 Å². The smallest absolute Gasteiger partial charge is 0.406 e. The molecule has 136 valence electrons. The number of hydrogen-bond acceptors (Lipinski definition) is 3. The molecule has 0 radical (unpaired) electrons. The number of benzene rings is 1. The highest BCUT2D eigenvalue weighted by Crippen LogP contribution is 2.30. The lowest BCUT2D eigenvalue weighted by Crippen LogP contribution is -2.35. The normalized spacial score (nSPS) is 21.6. The van der Waals surface area contributed by atoms with E-state index in [1.165, 1.54) is 12.1 Å². The standard InChI is InChI=1S/C17H19F3N2O3/c18-17(19,20)25-14-7-5-12(6-8-14)21-16(24)11-9-15(23)22(10-11)13-3-1-2-4-13/h5-8,11,13H,1-4,9-10H2,(H,21,24)/t11-/m1/s1.